The molecule has 0 radical (unpaired) electrons. The zero-order chi connectivity index (χ0) is 16.8. The maximum Gasteiger partial charge on any atom is 0.125 e. The number of hydrogen-bond donors (Lipinski definition) is 2. The summed E-state index contributed by atoms with van der Waals surface area (Å²) in [5.74, 6) is 0.214. The van der Waals surface area contributed by atoms with Crippen LogP contribution in [0.4, 0.5) is 15.9 Å². The van der Waals surface area contributed by atoms with E-state index in [1.807, 2.05) is 12.1 Å². The summed E-state index contributed by atoms with van der Waals surface area (Å²) in [6.07, 6.45) is 3.75. The van der Waals surface area contributed by atoms with Crippen LogP contribution in [0, 0.1) is 5.82 Å². The Hall–Kier alpha value is -2.88. The number of rotatable bonds is 6. The Bertz CT molecular complexity index is 786. The van der Waals surface area contributed by atoms with E-state index in [1.54, 1.807) is 18.3 Å². The van der Waals surface area contributed by atoms with Gasteiger partial charge in [0.25, 0.3) is 0 Å². The number of halogens is 1. The van der Waals surface area contributed by atoms with Crippen LogP contribution in [0.25, 0.3) is 11.1 Å². The van der Waals surface area contributed by atoms with Crippen molar-refractivity contribution in [1.82, 2.24) is 4.98 Å². The highest BCUT2D eigenvalue weighted by Gasteiger charge is 2.07. The Morgan fingerprint density at radius 3 is 2.50 bits per heavy atom. The Morgan fingerprint density at radius 2 is 1.75 bits per heavy atom. The molecule has 3 nitrogen and oxygen atoms in total. The summed E-state index contributed by atoms with van der Waals surface area (Å²) in [5, 5.41) is 3.42. The first-order chi connectivity index (χ1) is 11.7. The molecule has 3 rings (SSSR count). The number of nitrogen functional groups attached to an aromatic ring is 1. The van der Waals surface area contributed by atoms with Crippen LogP contribution in [-0.2, 0) is 6.42 Å². The zero-order valence-electron chi connectivity index (χ0n) is 13.4. The van der Waals surface area contributed by atoms with Crippen molar-refractivity contribution >= 4 is 11.5 Å². The molecule has 0 bridgehead atoms. The molecule has 0 saturated carbocycles. The van der Waals surface area contributed by atoms with Crippen molar-refractivity contribution in [2.75, 3.05) is 17.6 Å². The van der Waals surface area contributed by atoms with Gasteiger partial charge in [0.15, 0.2) is 0 Å². The highest BCUT2D eigenvalue weighted by atomic mass is 19.1. The highest BCUT2D eigenvalue weighted by Crippen LogP contribution is 2.28. The van der Waals surface area contributed by atoms with Crippen LogP contribution in [0.1, 0.15) is 12.0 Å². The van der Waals surface area contributed by atoms with Gasteiger partial charge < -0.3 is 11.1 Å². The summed E-state index contributed by atoms with van der Waals surface area (Å²) < 4.78 is 13.1. The second kappa shape index (κ2) is 7.59. The van der Waals surface area contributed by atoms with Crippen LogP contribution in [0.5, 0.6) is 0 Å². The van der Waals surface area contributed by atoms with E-state index in [0.717, 1.165) is 36.2 Å². The molecule has 1 aromatic heterocycles. The fourth-order valence-electron chi connectivity index (χ4n) is 2.64. The van der Waals surface area contributed by atoms with E-state index in [1.165, 1.54) is 17.7 Å². The lowest BCUT2D eigenvalue weighted by Gasteiger charge is -2.13. The molecule has 0 fully saturated rings. The standard InChI is InChI=1S/C20H20FN3/c21-17-10-8-16(9-11-17)18-14-24-20(22)13-19(18)23-12-4-7-15-5-2-1-3-6-15/h1-3,5-6,8-11,13-14H,4,7,12H2,(H3,22,23,24). The molecule has 0 spiro atoms. The van der Waals surface area contributed by atoms with Crippen molar-refractivity contribution in [3.63, 3.8) is 0 Å². The van der Waals surface area contributed by atoms with Crippen LogP contribution in [0.2, 0.25) is 0 Å². The minimum atomic E-state index is -0.250. The third-order valence-electron chi connectivity index (χ3n) is 3.88. The third-order valence-corrected chi connectivity index (χ3v) is 3.88. The predicted octanol–water partition coefficient (Wildman–Crippen LogP) is 4.51. The Morgan fingerprint density at radius 1 is 1.00 bits per heavy atom. The lowest BCUT2D eigenvalue weighted by Crippen LogP contribution is -2.05. The summed E-state index contributed by atoms with van der Waals surface area (Å²) in [6.45, 7) is 0.826. The number of nitrogens with two attached hydrogens (primary N) is 1. The van der Waals surface area contributed by atoms with Crippen molar-refractivity contribution in [3.8, 4) is 11.1 Å². The molecule has 4 heteroatoms. The molecule has 3 aromatic rings. The third kappa shape index (κ3) is 4.10. The number of pyridine rings is 1. The van der Waals surface area contributed by atoms with E-state index in [4.69, 9.17) is 5.73 Å². The average Bonchev–Trinajstić information content (AvgIpc) is 2.61. The van der Waals surface area contributed by atoms with Crippen LogP contribution >= 0.6 is 0 Å². The van der Waals surface area contributed by atoms with Crippen molar-refractivity contribution < 1.29 is 4.39 Å². The Labute approximate surface area is 141 Å². The summed E-state index contributed by atoms with van der Waals surface area (Å²) in [6, 6.07) is 18.6. The van der Waals surface area contributed by atoms with Crippen molar-refractivity contribution in [1.29, 1.82) is 0 Å². The first-order valence-corrected chi connectivity index (χ1v) is 8.01. The van der Waals surface area contributed by atoms with Gasteiger partial charge in [0.2, 0.25) is 0 Å². The Kier molecular flexibility index (Phi) is 5.06. The number of anilines is 2. The summed E-state index contributed by atoms with van der Waals surface area (Å²) >= 11 is 0. The minimum absolute atomic E-state index is 0.250. The van der Waals surface area contributed by atoms with Crippen molar-refractivity contribution in [2.24, 2.45) is 0 Å². The van der Waals surface area contributed by atoms with Crippen LogP contribution in [0.3, 0.4) is 0 Å². The van der Waals surface area contributed by atoms with Gasteiger partial charge in [-0.15, -0.1) is 0 Å². The van der Waals surface area contributed by atoms with Crippen LogP contribution in [-0.4, -0.2) is 11.5 Å². The van der Waals surface area contributed by atoms with Gasteiger partial charge in [0, 0.05) is 30.1 Å². The molecule has 1 heterocycles. The number of nitrogens with one attached hydrogen (secondary N) is 1. The predicted molar refractivity (Wildman–Crippen MR) is 97.3 cm³/mol. The molecule has 24 heavy (non-hydrogen) atoms. The molecule has 0 aliphatic heterocycles. The fraction of sp³-hybridized carbons (Fsp3) is 0.150. The van der Waals surface area contributed by atoms with E-state index >= 15 is 0 Å². The van der Waals surface area contributed by atoms with E-state index < -0.39 is 0 Å². The smallest absolute Gasteiger partial charge is 0.125 e. The van der Waals surface area contributed by atoms with Gasteiger partial charge in [-0.25, -0.2) is 9.37 Å². The lowest BCUT2D eigenvalue weighted by atomic mass is 10.1. The molecule has 0 unspecified atom stereocenters. The van der Waals surface area contributed by atoms with E-state index in [-0.39, 0.29) is 5.82 Å². The minimum Gasteiger partial charge on any atom is -0.384 e. The first-order valence-electron chi connectivity index (χ1n) is 8.01. The molecule has 3 N–H and O–H groups in total. The number of aryl methyl sites for hydroxylation is 1. The number of nitrogens with zero attached hydrogens (tertiary/aromatic N) is 1. The summed E-state index contributed by atoms with van der Waals surface area (Å²) in [7, 11) is 0. The van der Waals surface area contributed by atoms with Crippen LogP contribution in [0.15, 0.2) is 66.9 Å². The number of benzene rings is 2. The molecular formula is C20H20FN3. The second-order valence-corrected chi connectivity index (χ2v) is 5.68. The Balaban J connectivity index is 1.68. The normalized spacial score (nSPS) is 10.5. The van der Waals surface area contributed by atoms with Crippen LogP contribution < -0.4 is 11.1 Å². The largest absolute Gasteiger partial charge is 0.384 e. The van der Waals surface area contributed by atoms with Gasteiger partial charge in [-0.2, -0.15) is 0 Å². The number of hydrogen-bond acceptors (Lipinski definition) is 3. The van der Waals surface area contributed by atoms with Gasteiger partial charge >= 0.3 is 0 Å². The van der Waals surface area contributed by atoms with Gasteiger partial charge in [0.05, 0.1) is 0 Å². The van der Waals surface area contributed by atoms with Gasteiger partial charge in [-0.05, 0) is 36.1 Å². The molecule has 2 aromatic carbocycles. The van der Waals surface area contributed by atoms with E-state index in [2.05, 4.69) is 34.6 Å². The second-order valence-electron chi connectivity index (χ2n) is 5.68. The lowest BCUT2D eigenvalue weighted by molar-refractivity contribution is 0.628. The maximum atomic E-state index is 13.1. The highest BCUT2D eigenvalue weighted by molar-refractivity contribution is 5.78. The topological polar surface area (TPSA) is 50.9 Å². The summed E-state index contributed by atoms with van der Waals surface area (Å²) in [5.41, 5.74) is 9.89. The van der Waals surface area contributed by atoms with Gasteiger partial charge in [-0.3, -0.25) is 0 Å². The van der Waals surface area contributed by atoms with Crippen molar-refractivity contribution in [2.45, 2.75) is 12.8 Å². The SMILES string of the molecule is Nc1cc(NCCCc2ccccc2)c(-c2ccc(F)cc2)cn1. The maximum absolute atomic E-state index is 13.1. The van der Waals surface area contributed by atoms with E-state index in [0.29, 0.717) is 5.82 Å². The first kappa shape index (κ1) is 16.0. The molecular weight excluding hydrogens is 301 g/mol. The van der Waals surface area contributed by atoms with Gasteiger partial charge in [-0.1, -0.05) is 42.5 Å². The summed E-state index contributed by atoms with van der Waals surface area (Å²) in [4.78, 5) is 4.16. The number of aromatic nitrogens is 1. The molecule has 0 aliphatic rings. The quantitative estimate of drug-likeness (QED) is 0.657. The fourth-order valence-corrected chi connectivity index (χ4v) is 2.64. The zero-order valence-corrected chi connectivity index (χ0v) is 13.4. The molecule has 0 atom stereocenters. The van der Waals surface area contributed by atoms with E-state index in [9.17, 15) is 4.39 Å². The van der Waals surface area contributed by atoms with Crippen molar-refractivity contribution in [3.05, 3.63) is 78.2 Å². The molecule has 0 amide bonds. The monoisotopic (exact) mass is 321 g/mol. The molecule has 0 saturated heterocycles. The van der Waals surface area contributed by atoms with Gasteiger partial charge in [0.1, 0.15) is 11.6 Å². The molecule has 122 valence electrons. The molecule has 0 aliphatic carbocycles. The average molecular weight is 321 g/mol.